The van der Waals surface area contributed by atoms with Crippen LogP contribution in [0.4, 0.5) is 0 Å². The minimum absolute atomic E-state index is 0.0134. The van der Waals surface area contributed by atoms with Crippen LogP contribution >= 0.6 is 0 Å². The summed E-state index contributed by atoms with van der Waals surface area (Å²) in [6.45, 7) is 2.41. The summed E-state index contributed by atoms with van der Waals surface area (Å²) in [6, 6.07) is 1.52. The fourth-order valence-electron chi connectivity index (χ4n) is 1.29. The lowest BCUT2D eigenvalue weighted by Gasteiger charge is -1.98. The van der Waals surface area contributed by atoms with Crippen LogP contribution < -0.4 is 0 Å². The number of carboxylic acid groups (broad SMARTS) is 1. The molecular weight excluding hydrogens is 184 g/mol. The summed E-state index contributed by atoms with van der Waals surface area (Å²) in [4.78, 5) is 10.6. The Hall–Kier alpha value is -1.29. The monoisotopic (exact) mass is 198 g/mol. The van der Waals surface area contributed by atoms with Crippen LogP contribution in [-0.2, 0) is 17.8 Å². The zero-order valence-corrected chi connectivity index (χ0v) is 8.37. The summed E-state index contributed by atoms with van der Waals surface area (Å²) in [5.74, 6) is -0.336. The van der Waals surface area contributed by atoms with E-state index in [1.165, 1.54) is 6.07 Å². The highest BCUT2D eigenvalue weighted by molar-refractivity contribution is 5.84. The summed E-state index contributed by atoms with van der Waals surface area (Å²) in [7, 11) is 1.57. The Morgan fingerprint density at radius 2 is 2.36 bits per heavy atom. The second kappa shape index (κ2) is 4.81. The van der Waals surface area contributed by atoms with E-state index >= 15 is 0 Å². The van der Waals surface area contributed by atoms with E-state index in [2.05, 4.69) is 0 Å². The molecule has 0 aliphatic rings. The molecule has 0 aliphatic heterocycles. The van der Waals surface area contributed by atoms with Crippen LogP contribution in [0.2, 0.25) is 0 Å². The van der Waals surface area contributed by atoms with Crippen molar-refractivity contribution in [2.75, 3.05) is 7.11 Å². The Bertz CT molecular complexity index is 290. The number of carbonyl (C=O) groups is 1. The van der Waals surface area contributed by atoms with Gasteiger partial charge in [-0.05, 0) is 12.5 Å². The Morgan fingerprint density at radius 3 is 2.86 bits per heavy atom. The molecule has 0 aliphatic carbocycles. The van der Waals surface area contributed by atoms with Crippen molar-refractivity contribution in [1.29, 1.82) is 0 Å². The minimum Gasteiger partial charge on any atom is -0.475 e. The van der Waals surface area contributed by atoms with Gasteiger partial charge in [0.2, 0.25) is 5.76 Å². The van der Waals surface area contributed by atoms with Crippen molar-refractivity contribution in [2.24, 2.45) is 0 Å². The van der Waals surface area contributed by atoms with E-state index in [4.69, 9.17) is 14.3 Å². The molecule has 0 spiro atoms. The maximum absolute atomic E-state index is 10.6. The minimum atomic E-state index is -1.04. The van der Waals surface area contributed by atoms with Gasteiger partial charge in [-0.3, -0.25) is 0 Å². The van der Waals surface area contributed by atoms with Gasteiger partial charge in [-0.25, -0.2) is 4.79 Å². The molecular formula is C10H14O4. The number of ether oxygens (including phenoxy) is 1. The second-order valence-electron chi connectivity index (χ2n) is 3.05. The zero-order chi connectivity index (χ0) is 10.6. The lowest BCUT2D eigenvalue weighted by atomic mass is 10.2. The van der Waals surface area contributed by atoms with Gasteiger partial charge in [0.15, 0.2) is 0 Å². The van der Waals surface area contributed by atoms with E-state index in [-0.39, 0.29) is 5.76 Å². The average Bonchev–Trinajstić information content (AvgIpc) is 2.50. The summed E-state index contributed by atoms with van der Waals surface area (Å²) in [6.07, 6.45) is 1.66. The highest BCUT2D eigenvalue weighted by Gasteiger charge is 2.14. The first-order valence-electron chi connectivity index (χ1n) is 4.52. The Kier molecular flexibility index (Phi) is 3.71. The van der Waals surface area contributed by atoms with Crippen molar-refractivity contribution in [3.05, 3.63) is 23.2 Å². The SMILES string of the molecule is CCCc1oc(C(=O)O)cc1COC. The molecule has 0 unspecified atom stereocenters. The molecule has 0 fully saturated rings. The second-order valence-corrected chi connectivity index (χ2v) is 3.05. The number of aryl methyl sites for hydroxylation is 1. The molecule has 0 aromatic carbocycles. The van der Waals surface area contributed by atoms with E-state index in [9.17, 15) is 4.79 Å². The van der Waals surface area contributed by atoms with Gasteiger partial charge in [0.1, 0.15) is 5.76 Å². The lowest BCUT2D eigenvalue weighted by molar-refractivity contribution is 0.0660. The molecule has 0 saturated carbocycles. The third-order valence-corrected chi connectivity index (χ3v) is 1.88. The van der Waals surface area contributed by atoms with E-state index in [0.29, 0.717) is 12.4 Å². The van der Waals surface area contributed by atoms with Gasteiger partial charge in [-0.15, -0.1) is 0 Å². The maximum Gasteiger partial charge on any atom is 0.371 e. The molecule has 1 N–H and O–H groups in total. The van der Waals surface area contributed by atoms with Crippen molar-refractivity contribution in [3.8, 4) is 0 Å². The third kappa shape index (κ3) is 2.35. The molecule has 1 heterocycles. The Balaban J connectivity index is 2.93. The van der Waals surface area contributed by atoms with Gasteiger partial charge in [-0.2, -0.15) is 0 Å². The Morgan fingerprint density at radius 1 is 1.64 bits per heavy atom. The number of hydrogen-bond donors (Lipinski definition) is 1. The van der Waals surface area contributed by atoms with Crippen LogP contribution in [0, 0.1) is 0 Å². The first kappa shape index (κ1) is 10.8. The van der Waals surface area contributed by atoms with Crippen LogP contribution in [-0.4, -0.2) is 18.2 Å². The van der Waals surface area contributed by atoms with Crippen molar-refractivity contribution >= 4 is 5.97 Å². The largest absolute Gasteiger partial charge is 0.475 e. The fraction of sp³-hybridized carbons (Fsp3) is 0.500. The molecule has 78 valence electrons. The molecule has 0 atom stereocenters. The van der Waals surface area contributed by atoms with Gasteiger partial charge in [-0.1, -0.05) is 6.92 Å². The smallest absolute Gasteiger partial charge is 0.371 e. The molecule has 0 amide bonds. The molecule has 0 saturated heterocycles. The predicted octanol–water partition coefficient (Wildman–Crippen LogP) is 2.08. The van der Waals surface area contributed by atoms with Gasteiger partial charge < -0.3 is 14.3 Å². The first-order valence-corrected chi connectivity index (χ1v) is 4.52. The molecule has 1 aromatic rings. The van der Waals surface area contributed by atoms with E-state index < -0.39 is 5.97 Å². The normalized spacial score (nSPS) is 10.4. The van der Waals surface area contributed by atoms with Crippen LogP contribution in [0.15, 0.2) is 10.5 Å². The van der Waals surface area contributed by atoms with Crippen LogP contribution in [0.25, 0.3) is 0 Å². The molecule has 4 heteroatoms. The lowest BCUT2D eigenvalue weighted by Crippen LogP contribution is -1.92. The highest BCUT2D eigenvalue weighted by Crippen LogP contribution is 2.18. The number of furan rings is 1. The number of aromatic carboxylic acids is 1. The van der Waals surface area contributed by atoms with Crippen molar-refractivity contribution in [3.63, 3.8) is 0 Å². The van der Waals surface area contributed by atoms with Gasteiger partial charge in [0.05, 0.1) is 6.61 Å². The highest BCUT2D eigenvalue weighted by atomic mass is 16.5. The van der Waals surface area contributed by atoms with Crippen LogP contribution in [0.1, 0.15) is 35.2 Å². The fourth-order valence-corrected chi connectivity index (χ4v) is 1.29. The van der Waals surface area contributed by atoms with Crippen molar-refractivity contribution in [2.45, 2.75) is 26.4 Å². The van der Waals surface area contributed by atoms with Gasteiger partial charge in [0, 0.05) is 19.1 Å². The third-order valence-electron chi connectivity index (χ3n) is 1.88. The van der Waals surface area contributed by atoms with Crippen LogP contribution in [0.5, 0.6) is 0 Å². The van der Waals surface area contributed by atoms with Crippen LogP contribution in [0.3, 0.4) is 0 Å². The van der Waals surface area contributed by atoms with E-state index in [1.54, 1.807) is 7.11 Å². The number of methoxy groups -OCH3 is 1. The van der Waals surface area contributed by atoms with Crippen molar-refractivity contribution in [1.82, 2.24) is 0 Å². The molecule has 0 bridgehead atoms. The average molecular weight is 198 g/mol. The summed E-state index contributed by atoms with van der Waals surface area (Å²) < 4.78 is 10.1. The maximum atomic E-state index is 10.6. The molecule has 0 radical (unpaired) electrons. The molecule has 4 nitrogen and oxygen atoms in total. The summed E-state index contributed by atoms with van der Waals surface area (Å²) in [5, 5.41) is 8.72. The van der Waals surface area contributed by atoms with Crippen molar-refractivity contribution < 1.29 is 19.1 Å². The number of rotatable bonds is 5. The quantitative estimate of drug-likeness (QED) is 0.786. The standard InChI is InChI=1S/C10H14O4/c1-3-4-8-7(6-13-2)5-9(14-8)10(11)12/h5H,3-4,6H2,1-2H3,(H,11,12). The Labute approximate surface area is 82.5 Å². The van der Waals surface area contributed by atoms with E-state index in [1.807, 2.05) is 6.92 Å². The molecule has 1 rings (SSSR count). The zero-order valence-electron chi connectivity index (χ0n) is 8.37. The topological polar surface area (TPSA) is 59.7 Å². The molecule has 1 aromatic heterocycles. The summed E-state index contributed by atoms with van der Waals surface area (Å²) >= 11 is 0. The summed E-state index contributed by atoms with van der Waals surface area (Å²) in [5.41, 5.74) is 0.826. The molecule has 14 heavy (non-hydrogen) atoms. The van der Waals surface area contributed by atoms with Gasteiger partial charge in [0.25, 0.3) is 0 Å². The van der Waals surface area contributed by atoms with E-state index in [0.717, 1.165) is 18.4 Å². The number of hydrogen-bond acceptors (Lipinski definition) is 3. The number of carboxylic acids is 1. The predicted molar refractivity (Wildman–Crippen MR) is 50.4 cm³/mol. The first-order chi connectivity index (χ1) is 6.69. The van der Waals surface area contributed by atoms with Gasteiger partial charge >= 0.3 is 5.97 Å².